The van der Waals surface area contributed by atoms with Crippen molar-refractivity contribution in [1.82, 2.24) is 4.90 Å². The molecule has 3 aromatic rings. The summed E-state index contributed by atoms with van der Waals surface area (Å²) in [7, 11) is 0. The third-order valence-electron chi connectivity index (χ3n) is 6.35. The molecule has 1 saturated heterocycles. The smallest absolute Gasteiger partial charge is 0.239 e. The number of nitrogens with zero attached hydrogens (tertiary/aromatic N) is 1. The maximum Gasteiger partial charge on any atom is 0.239 e. The number of aliphatic hydroxyl groups is 1. The summed E-state index contributed by atoms with van der Waals surface area (Å²) < 4.78 is 0. The number of aliphatic hydroxyl groups excluding tert-OH is 1. The second-order valence-corrected chi connectivity index (χ2v) is 8.17. The Bertz CT molecular complexity index is 1030. The molecule has 1 aliphatic rings. The summed E-state index contributed by atoms with van der Waals surface area (Å²) in [5.74, 6) is -0.0428. The molecule has 0 saturated carbocycles. The van der Waals surface area contributed by atoms with Crippen molar-refractivity contribution >= 4 is 5.91 Å². The molecule has 0 aliphatic carbocycles. The van der Waals surface area contributed by atoms with Crippen LogP contribution in [0.3, 0.4) is 0 Å². The van der Waals surface area contributed by atoms with Crippen LogP contribution in [0.5, 0.6) is 0 Å². The molecule has 158 valence electrons. The van der Waals surface area contributed by atoms with Gasteiger partial charge in [0.15, 0.2) is 0 Å². The monoisotopic (exact) mass is 411 g/mol. The first-order valence-corrected chi connectivity index (χ1v) is 10.9. The number of allylic oxidation sites excluding steroid dienone is 1. The first kappa shape index (κ1) is 21.1. The van der Waals surface area contributed by atoms with Gasteiger partial charge in [-0.05, 0) is 30.0 Å². The van der Waals surface area contributed by atoms with Gasteiger partial charge in [0.2, 0.25) is 5.91 Å². The van der Waals surface area contributed by atoms with Gasteiger partial charge in [-0.3, -0.25) is 4.79 Å². The minimum absolute atomic E-state index is 0.0428. The van der Waals surface area contributed by atoms with Crippen molar-refractivity contribution in [3.8, 4) is 0 Å². The van der Waals surface area contributed by atoms with E-state index >= 15 is 0 Å². The van der Waals surface area contributed by atoms with Crippen molar-refractivity contribution < 1.29 is 9.90 Å². The molecule has 0 unspecified atom stereocenters. The predicted molar refractivity (Wildman–Crippen MR) is 124 cm³/mol. The summed E-state index contributed by atoms with van der Waals surface area (Å²) in [6, 6.07) is 29.3. The molecule has 3 aromatic carbocycles. The highest BCUT2D eigenvalue weighted by Crippen LogP contribution is 2.60. The molecule has 1 fully saturated rings. The number of amides is 1. The molecule has 4 rings (SSSR count). The Hall–Kier alpha value is -3.17. The van der Waals surface area contributed by atoms with Crippen LogP contribution >= 0.6 is 0 Å². The van der Waals surface area contributed by atoms with Crippen LogP contribution in [0.2, 0.25) is 0 Å². The van der Waals surface area contributed by atoms with E-state index in [4.69, 9.17) is 0 Å². The van der Waals surface area contributed by atoms with Gasteiger partial charge in [0.25, 0.3) is 0 Å². The highest BCUT2D eigenvalue weighted by atomic mass is 16.3. The van der Waals surface area contributed by atoms with Gasteiger partial charge < -0.3 is 10.0 Å². The SMILES string of the molecule is CC/C=C/[C@]1([C@@H](O)c2ccccc2)C(=O)N([C@@H](C)c2ccccc2)[C@@H]1c1ccccc1. The zero-order valence-corrected chi connectivity index (χ0v) is 18.1. The summed E-state index contributed by atoms with van der Waals surface area (Å²) in [5.41, 5.74) is 1.83. The highest BCUT2D eigenvalue weighted by Gasteiger charge is 2.64. The molecular formula is C28H29NO2. The van der Waals surface area contributed by atoms with Crippen LogP contribution < -0.4 is 0 Å². The number of hydrogen-bond acceptors (Lipinski definition) is 2. The van der Waals surface area contributed by atoms with Crippen molar-refractivity contribution in [2.45, 2.75) is 38.5 Å². The number of hydrogen-bond donors (Lipinski definition) is 1. The maximum atomic E-state index is 13.9. The van der Waals surface area contributed by atoms with Gasteiger partial charge in [0.05, 0.1) is 18.2 Å². The lowest BCUT2D eigenvalue weighted by Crippen LogP contribution is -2.65. The molecule has 4 atom stereocenters. The van der Waals surface area contributed by atoms with Crippen molar-refractivity contribution in [3.05, 3.63) is 120 Å². The Morgan fingerprint density at radius 3 is 1.97 bits per heavy atom. The molecule has 3 heteroatoms. The van der Waals surface area contributed by atoms with Crippen molar-refractivity contribution in [1.29, 1.82) is 0 Å². The average molecular weight is 412 g/mol. The molecule has 3 nitrogen and oxygen atoms in total. The lowest BCUT2D eigenvalue weighted by molar-refractivity contribution is -0.186. The lowest BCUT2D eigenvalue weighted by Gasteiger charge is -2.59. The quantitative estimate of drug-likeness (QED) is 0.382. The van der Waals surface area contributed by atoms with E-state index in [2.05, 4.69) is 19.1 Å². The largest absolute Gasteiger partial charge is 0.387 e. The van der Waals surface area contributed by atoms with Gasteiger partial charge in [-0.1, -0.05) is 110 Å². The third-order valence-corrected chi connectivity index (χ3v) is 6.35. The van der Waals surface area contributed by atoms with E-state index < -0.39 is 11.5 Å². The Morgan fingerprint density at radius 1 is 0.903 bits per heavy atom. The number of rotatable bonds is 7. The Kier molecular flexibility index (Phi) is 6.06. The van der Waals surface area contributed by atoms with Crippen LogP contribution in [-0.2, 0) is 4.79 Å². The van der Waals surface area contributed by atoms with E-state index in [1.54, 1.807) is 0 Å². The van der Waals surface area contributed by atoms with E-state index in [0.717, 1.165) is 23.1 Å². The molecule has 0 radical (unpaired) electrons. The zero-order valence-electron chi connectivity index (χ0n) is 18.1. The fraction of sp³-hybridized carbons (Fsp3) is 0.250. The number of benzene rings is 3. The number of likely N-dealkylation sites (tertiary alicyclic amines) is 1. The van der Waals surface area contributed by atoms with Crippen LogP contribution in [0.15, 0.2) is 103 Å². The van der Waals surface area contributed by atoms with E-state index in [-0.39, 0.29) is 18.0 Å². The molecule has 0 bridgehead atoms. The van der Waals surface area contributed by atoms with Crippen LogP contribution in [0, 0.1) is 5.41 Å². The normalized spacial score (nSPS) is 22.9. The van der Waals surface area contributed by atoms with Gasteiger partial charge in [0.1, 0.15) is 5.41 Å². The lowest BCUT2D eigenvalue weighted by atomic mass is 9.61. The van der Waals surface area contributed by atoms with Gasteiger partial charge in [-0.15, -0.1) is 0 Å². The fourth-order valence-corrected chi connectivity index (χ4v) is 4.73. The Balaban J connectivity index is 1.85. The molecule has 1 amide bonds. The molecular weight excluding hydrogens is 382 g/mol. The second kappa shape index (κ2) is 8.91. The standard InChI is InChI=1S/C28H29NO2/c1-3-4-20-28(26(30)24-18-12-7-13-19-24)25(23-16-10-6-11-17-23)29(27(28)31)21(2)22-14-8-5-9-15-22/h4-21,25-26,30H,3H2,1-2H3/b20-4+/t21-,25+,26-,28-/m0/s1. The van der Waals surface area contributed by atoms with Crippen molar-refractivity contribution in [2.75, 3.05) is 0 Å². The number of carbonyl (C=O) groups is 1. The molecule has 31 heavy (non-hydrogen) atoms. The summed E-state index contributed by atoms with van der Waals surface area (Å²) in [6.45, 7) is 4.11. The van der Waals surface area contributed by atoms with Crippen LogP contribution in [0.4, 0.5) is 0 Å². The summed E-state index contributed by atoms with van der Waals surface area (Å²) in [6.07, 6.45) is 3.81. The summed E-state index contributed by atoms with van der Waals surface area (Å²) in [4.78, 5) is 15.8. The first-order valence-electron chi connectivity index (χ1n) is 10.9. The molecule has 0 aromatic heterocycles. The van der Waals surface area contributed by atoms with Gasteiger partial charge in [-0.25, -0.2) is 0 Å². The molecule has 1 heterocycles. The van der Waals surface area contributed by atoms with E-state index in [9.17, 15) is 9.90 Å². The van der Waals surface area contributed by atoms with E-state index in [1.807, 2.05) is 103 Å². The zero-order chi connectivity index (χ0) is 21.8. The van der Waals surface area contributed by atoms with Crippen LogP contribution in [0.1, 0.15) is 55.1 Å². The minimum Gasteiger partial charge on any atom is -0.387 e. The first-order chi connectivity index (χ1) is 15.1. The van der Waals surface area contributed by atoms with Crippen LogP contribution in [0.25, 0.3) is 0 Å². The van der Waals surface area contributed by atoms with Crippen molar-refractivity contribution in [2.24, 2.45) is 5.41 Å². The van der Waals surface area contributed by atoms with Crippen molar-refractivity contribution in [3.63, 3.8) is 0 Å². The molecule has 1 aliphatic heterocycles. The molecule has 0 spiro atoms. The third kappa shape index (κ3) is 3.60. The van der Waals surface area contributed by atoms with E-state index in [0.29, 0.717) is 0 Å². The summed E-state index contributed by atoms with van der Waals surface area (Å²) in [5, 5.41) is 11.6. The average Bonchev–Trinajstić information content (AvgIpc) is 2.84. The second-order valence-electron chi connectivity index (χ2n) is 8.17. The summed E-state index contributed by atoms with van der Waals surface area (Å²) >= 11 is 0. The van der Waals surface area contributed by atoms with Gasteiger partial charge in [0, 0.05) is 0 Å². The fourth-order valence-electron chi connectivity index (χ4n) is 4.73. The predicted octanol–water partition coefficient (Wildman–Crippen LogP) is 6.02. The Labute approximate surface area is 184 Å². The van der Waals surface area contributed by atoms with E-state index in [1.165, 1.54) is 0 Å². The number of β-lactam (4-membered cyclic amide) rings is 1. The van der Waals surface area contributed by atoms with Crippen LogP contribution in [-0.4, -0.2) is 15.9 Å². The highest BCUT2D eigenvalue weighted by molar-refractivity contribution is 5.94. The topological polar surface area (TPSA) is 40.5 Å². The minimum atomic E-state index is -1.04. The Morgan fingerprint density at radius 2 is 1.42 bits per heavy atom. The molecule has 1 N–H and O–H groups in total. The van der Waals surface area contributed by atoms with Gasteiger partial charge in [-0.2, -0.15) is 0 Å². The maximum absolute atomic E-state index is 13.9. The van der Waals surface area contributed by atoms with Gasteiger partial charge >= 0.3 is 0 Å². The number of carbonyl (C=O) groups excluding carboxylic acids is 1.